The van der Waals surface area contributed by atoms with Crippen molar-refractivity contribution in [2.75, 3.05) is 19.0 Å². The van der Waals surface area contributed by atoms with Crippen LogP contribution in [0.25, 0.3) is 0 Å². The van der Waals surface area contributed by atoms with Crippen molar-refractivity contribution in [1.29, 1.82) is 0 Å². The number of nitrogens with zero attached hydrogens (tertiary/aromatic N) is 3. The first kappa shape index (κ1) is 15.0. The van der Waals surface area contributed by atoms with Crippen LogP contribution in [0.2, 0.25) is 0 Å². The predicted octanol–water partition coefficient (Wildman–Crippen LogP) is 3.11. The Bertz CT molecular complexity index is 617. The number of anilines is 1. The van der Waals surface area contributed by atoms with Gasteiger partial charge in [0.05, 0.1) is 6.61 Å². The van der Waals surface area contributed by atoms with Crippen molar-refractivity contribution >= 4 is 5.95 Å². The summed E-state index contributed by atoms with van der Waals surface area (Å²) < 4.78 is 11.2. The van der Waals surface area contributed by atoms with Gasteiger partial charge in [0.1, 0.15) is 5.75 Å². The number of ether oxygens (including phenoxy) is 2. The van der Waals surface area contributed by atoms with Gasteiger partial charge in [0.25, 0.3) is 0 Å². The topological polar surface area (TPSA) is 69.2 Å². The number of hydrogen-bond acceptors (Lipinski definition) is 6. The standard InChI is InChI=1S/C15H20N4O2/c1-5-9-20-14-17-13(16-4)18-15(19-14)21-12-8-6-7-10(2)11(12)3/h6-8H,5,9H2,1-4H3,(H,16,17,18,19). The number of benzene rings is 1. The molecule has 1 N–H and O–H groups in total. The molecule has 112 valence electrons. The average molecular weight is 288 g/mol. The van der Waals surface area contributed by atoms with Gasteiger partial charge in [0.2, 0.25) is 5.95 Å². The van der Waals surface area contributed by atoms with Crippen LogP contribution in [0.1, 0.15) is 24.5 Å². The van der Waals surface area contributed by atoms with Crippen molar-refractivity contribution < 1.29 is 9.47 Å². The molecule has 1 heterocycles. The Morgan fingerprint density at radius 1 is 1.10 bits per heavy atom. The van der Waals surface area contributed by atoms with Gasteiger partial charge < -0.3 is 14.8 Å². The van der Waals surface area contributed by atoms with Crippen molar-refractivity contribution in [3.05, 3.63) is 29.3 Å². The summed E-state index contributed by atoms with van der Waals surface area (Å²) in [7, 11) is 1.74. The number of aromatic nitrogens is 3. The second-order valence-corrected chi connectivity index (χ2v) is 4.62. The Balaban J connectivity index is 2.28. The summed E-state index contributed by atoms with van der Waals surface area (Å²) in [6.45, 7) is 6.60. The summed E-state index contributed by atoms with van der Waals surface area (Å²) in [6, 6.07) is 6.33. The third-order valence-corrected chi connectivity index (χ3v) is 3.01. The van der Waals surface area contributed by atoms with Gasteiger partial charge in [-0.3, -0.25) is 0 Å². The monoisotopic (exact) mass is 288 g/mol. The van der Waals surface area contributed by atoms with Gasteiger partial charge in [0.15, 0.2) is 0 Å². The van der Waals surface area contributed by atoms with E-state index in [2.05, 4.69) is 20.3 Å². The number of hydrogen-bond donors (Lipinski definition) is 1. The van der Waals surface area contributed by atoms with E-state index in [0.717, 1.165) is 23.3 Å². The molecule has 1 aromatic heterocycles. The molecule has 0 amide bonds. The summed E-state index contributed by atoms with van der Waals surface area (Å²) in [6.07, 6.45) is 0.883. The Morgan fingerprint density at radius 3 is 2.57 bits per heavy atom. The van der Waals surface area contributed by atoms with Crippen LogP contribution < -0.4 is 14.8 Å². The number of aryl methyl sites for hydroxylation is 1. The van der Waals surface area contributed by atoms with E-state index in [4.69, 9.17) is 9.47 Å². The SMILES string of the molecule is CCCOc1nc(NC)nc(Oc2cccc(C)c2C)n1. The molecule has 0 aliphatic rings. The molecule has 0 fully saturated rings. The highest BCUT2D eigenvalue weighted by Gasteiger charge is 2.10. The zero-order chi connectivity index (χ0) is 15.2. The van der Waals surface area contributed by atoms with Crippen LogP contribution in [0, 0.1) is 13.8 Å². The predicted molar refractivity (Wildman–Crippen MR) is 81.1 cm³/mol. The molecular weight excluding hydrogens is 268 g/mol. The second-order valence-electron chi connectivity index (χ2n) is 4.62. The van der Waals surface area contributed by atoms with Crippen LogP contribution in [-0.4, -0.2) is 28.6 Å². The molecule has 0 aliphatic carbocycles. The van der Waals surface area contributed by atoms with Crippen LogP contribution in [-0.2, 0) is 0 Å². The van der Waals surface area contributed by atoms with Crippen LogP contribution >= 0.6 is 0 Å². The first-order valence-corrected chi connectivity index (χ1v) is 6.94. The summed E-state index contributed by atoms with van der Waals surface area (Å²) in [5.74, 6) is 1.14. The number of nitrogens with one attached hydrogen (secondary N) is 1. The van der Waals surface area contributed by atoms with Crippen molar-refractivity contribution in [3.8, 4) is 17.8 Å². The lowest BCUT2D eigenvalue weighted by molar-refractivity contribution is 0.285. The summed E-state index contributed by atoms with van der Waals surface area (Å²) in [4.78, 5) is 12.5. The highest BCUT2D eigenvalue weighted by atomic mass is 16.5. The van der Waals surface area contributed by atoms with Gasteiger partial charge in [-0.2, -0.15) is 9.97 Å². The molecule has 0 saturated heterocycles. The molecule has 0 saturated carbocycles. The normalized spacial score (nSPS) is 10.3. The summed E-state index contributed by atoms with van der Waals surface area (Å²) in [5.41, 5.74) is 2.21. The lowest BCUT2D eigenvalue weighted by atomic mass is 10.1. The summed E-state index contributed by atoms with van der Waals surface area (Å²) >= 11 is 0. The van der Waals surface area contributed by atoms with Crippen molar-refractivity contribution in [2.45, 2.75) is 27.2 Å². The summed E-state index contributed by atoms with van der Waals surface area (Å²) in [5, 5.41) is 2.87. The van der Waals surface area contributed by atoms with Gasteiger partial charge >= 0.3 is 12.0 Å². The van der Waals surface area contributed by atoms with E-state index in [1.165, 1.54) is 0 Å². The maximum absolute atomic E-state index is 5.77. The van der Waals surface area contributed by atoms with Gasteiger partial charge in [-0.15, -0.1) is 4.98 Å². The van der Waals surface area contributed by atoms with Crippen molar-refractivity contribution in [1.82, 2.24) is 15.0 Å². The fraction of sp³-hybridized carbons (Fsp3) is 0.400. The molecule has 1 aromatic carbocycles. The third-order valence-electron chi connectivity index (χ3n) is 3.01. The largest absolute Gasteiger partial charge is 0.463 e. The Hall–Kier alpha value is -2.37. The maximum Gasteiger partial charge on any atom is 0.330 e. The van der Waals surface area contributed by atoms with E-state index in [0.29, 0.717) is 12.6 Å². The van der Waals surface area contributed by atoms with Gasteiger partial charge in [-0.05, 0) is 37.5 Å². The highest BCUT2D eigenvalue weighted by molar-refractivity contribution is 5.40. The lowest BCUT2D eigenvalue weighted by Gasteiger charge is -2.10. The average Bonchev–Trinajstić information content (AvgIpc) is 2.49. The number of rotatable bonds is 6. The fourth-order valence-electron chi connectivity index (χ4n) is 1.69. The molecule has 2 aromatic rings. The zero-order valence-electron chi connectivity index (χ0n) is 12.8. The van der Waals surface area contributed by atoms with Gasteiger partial charge in [-0.1, -0.05) is 19.1 Å². The van der Waals surface area contributed by atoms with Crippen molar-refractivity contribution in [2.24, 2.45) is 0 Å². The van der Waals surface area contributed by atoms with E-state index < -0.39 is 0 Å². The van der Waals surface area contributed by atoms with Crippen LogP contribution in [0.15, 0.2) is 18.2 Å². The molecular formula is C15H20N4O2. The first-order valence-electron chi connectivity index (χ1n) is 6.94. The molecule has 0 aliphatic heterocycles. The lowest BCUT2D eigenvalue weighted by Crippen LogP contribution is -2.06. The minimum absolute atomic E-state index is 0.217. The molecule has 2 rings (SSSR count). The molecule has 0 bridgehead atoms. The van der Waals surface area contributed by atoms with Crippen molar-refractivity contribution in [3.63, 3.8) is 0 Å². The Kier molecular flexibility index (Phi) is 4.92. The Labute approximate surface area is 124 Å². The van der Waals surface area contributed by atoms with E-state index in [1.807, 2.05) is 39.0 Å². The molecule has 0 spiro atoms. The van der Waals surface area contributed by atoms with E-state index in [9.17, 15) is 0 Å². The van der Waals surface area contributed by atoms with E-state index in [-0.39, 0.29) is 12.0 Å². The minimum Gasteiger partial charge on any atom is -0.463 e. The third kappa shape index (κ3) is 3.81. The van der Waals surface area contributed by atoms with Gasteiger partial charge in [0, 0.05) is 7.05 Å². The first-order chi connectivity index (χ1) is 10.1. The van der Waals surface area contributed by atoms with Crippen LogP contribution in [0.4, 0.5) is 5.95 Å². The molecule has 0 radical (unpaired) electrons. The molecule has 6 nitrogen and oxygen atoms in total. The van der Waals surface area contributed by atoms with E-state index >= 15 is 0 Å². The molecule has 21 heavy (non-hydrogen) atoms. The maximum atomic E-state index is 5.77. The minimum atomic E-state index is 0.217. The van der Waals surface area contributed by atoms with Crippen LogP contribution in [0.5, 0.6) is 17.8 Å². The highest BCUT2D eigenvalue weighted by Crippen LogP contribution is 2.25. The quantitative estimate of drug-likeness (QED) is 0.880. The molecule has 0 unspecified atom stereocenters. The van der Waals surface area contributed by atoms with Gasteiger partial charge in [-0.25, -0.2) is 0 Å². The fourth-order valence-corrected chi connectivity index (χ4v) is 1.69. The second kappa shape index (κ2) is 6.88. The van der Waals surface area contributed by atoms with E-state index in [1.54, 1.807) is 7.05 Å². The zero-order valence-corrected chi connectivity index (χ0v) is 12.8. The molecule has 0 atom stereocenters. The smallest absolute Gasteiger partial charge is 0.330 e. The Morgan fingerprint density at radius 2 is 1.86 bits per heavy atom. The van der Waals surface area contributed by atoms with Crippen LogP contribution in [0.3, 0.4) is 0 Å². The molecule has 6 heteroatoms.